The molecular formula is C25H20F3N. The molecule has 0 saturated carbocycles. The molecule has 0 amide bonds. The second-order valence-electron chi connectivity index (χ2n) is 7.59. The summed E-state index contributed by atoms with van der Waals surface area (Å²) in [5.74, 6) is 0. The first kappa shape index (κ1) is 19.2. The molecule has 4 heteroatoms. The van der Waals surface area contributed by atoms with Crippen LogP contribution in [0.3, 0.4) is 0 Å². The largest absolute Gasteiger partial charge is 0.416 e. The molecule has 4 aromatic rings. The second kappa shape index (κ2) is 6.73. The van der Waals surface area contributed by atoms with Gasteiger partial charge < -0.3 is 0 Å². The molecule has 0 bridgehead atoms. The van der Waals surface area contributed by atoms with Gasteiger partial charge in [-0.15, -0.1) is 0 Å². The molecule has 0 aliphatic heterocycles. The van der Waals surface area contributed by atoms with Crippen LogP contribution in [-0.2, 0) is 6.18 Å². The number of rotatable bonds is 2. The maximum Gasteiger partial charge on any atom is 0.416 e. The first-order chi connectivity index (χ1) is 13.6. The maximum absolute atomic E-state index is 13.6. The molecule has 1 heterocycles. The van der Waals surface area contributed by atoms with E-state index in [1.165, 1.54) is 12.1 Å². The van der Waals surface area contributed by atoms with Crippen molar-refractivity contribution in [2.45, 2.75) is 26.9 Å². The molecule has 0 spiro atoms. The molecule has 1 nitrogen and oxygen atoms in total. The molecule has 1 aromatic heterocycles. The third-order valence-electron chi connectivity index (χ3n) is 5.16. The van der Waals surface area contributed by atoms with Gasteiger partial charge in [0.05, 0.1) is 11.3 Å². The summed E-state index contributed by atoms with van der Waals surface area (Å²) >= 11 is 0. The molecule has 0 aliphatic carbocycles. The van der Waals surface area contributed by atoms with Crippen molar-refractivity contribution in [1.82, 2.24) is 4.98 Å². The van der Waals surface area contributed by atoms with Gasteiger partial charge in [0.1, 0.15) is 0 Å². The lowest BCUT2D eigenvalue weighted by atomic mass is 9.92. The first-order valence-electron chi connectivity index (χ1n) is 9.32. The van der Waals surface area contributed by atoms with E-state index in [0.29, 0.717) is 16.5 Å². The van der Waals surface area contributed by atoms with Crippen LogP contribution in [0.15, 0.2) is 61.3 Å². The fourth-order valence-electron chi connectivity index (χ4n) is 3.96. The Bertz CT molecular complexity index is 1260. The lowest BCUT2D eigenvalue weighted by Gasteiger charge is -2.15. The summed E-state index contributed by atoms with van der Waals surface area (Å²) in [5.41, 5.74) is 4.41. The summed E-state index contributed by atoms with van der Waals surface area (Å²) in [4.78, 5) is 4.56. The van der Waals surface area contributed by atoms with Crippen LogP contribution in [0.4, 0.5) is 13.2 Å². The van der Waals surface area contributed by atoms with Gasteiger partial charge >= 0.3 is 6.18 Å². The van der Waals surface area contributed by atoms with Crippen molar-refractivity contribution in [2.75, 3.05) is 0 Å². The quantitative estimate of drug-likeness (QED) is 0.319. The maximum atomic E-state index is 13.6. The normalized spacial score (nSPS) is 11.9. The Hall–Kier alpha value is -3.14. The predicted octanol–water partition coefficient (Wildman–Crippen LogP) is 7.72. The summed E-state index contributed by atoms with van der Waals surface area (Å²) in [5, 5.41) is 2.90. The lowest BCUT2D eigenvalue weighted by molar-refractivity contribution is -0.137. The number of alkyl halides is 3. The number of benzene rings is 3. The molecule has 0 N–H and O–H groups in total. The van der Waals surface area contributed by atoms with E-state index >= 15 is 0 Å². The van der Waals surface area contributed by atoms with E-state index in [1.54, 1.807) is 19.2 Å². The fraction of sp³-hybridized carbons (Fsp3) is 0.160. The van der Waals surface area contributed by atoms with Crippen LogP contribution in [0.25, 0.3) is 38.4 Å². The zero-order valence-electron chi connectivity index (χ0n) is 16.5. The van der Waals surface area contributed by atoms with Crippen molar-refractivity contribution in [3.63, 3.8) is 0 Å². The summed E-state index contributed by atoms with van der Waals surface area (Å²) in [6, 6.07) is 14.2. The van der Waals surface area contributed by atoms with E-state index in [-0.39, 0.29) is 0 Å². The smallest absolute Gasteiger partial charge is 0.256 e. The Morgan fingerprint density at radius 2 is 1.48 bits per heavy atom. The highest BCUT2D eigenvalue weighted by Gasteiger charge is 2.31. The summed E-state index contributed by atoms with van der Waals surface area (Å²) in [7, 11) is 0. The Labute approximate surface area is 167 Å². The molecular weight excluding hydrogens is 371 g/mol. The third-order valence-corrected chi connectivity index (χ3v) is 5.16. The molecule has 4 rings (SSSR count). The Balaban J connectivity index is 2.11. The van der Waals surface area contributed by atoms with Gasteiger partial charge in [-0.05, 0) is 72.8 Å². The molecule has 3 aromatic carbocycles. The summed E-state index contributed by atoms with van der Waals surface area (Å²) < 4.78 is 40.7. The fourth-order valence-corrected chi connectivity index (χ4v) is 3.96. The number of aromatic nitrogens is 1. The first-order valence-corrected chi connectivity index (χ1v) is 9.32. The highest BCUT2D eigenvalue weighted by molar-refractivity contribution is 6.13. The highest BCUT2D eigenvalue weighted by Crippen LogP contribution is 2.39. The number of nitrogens with zero attached hydrogens (tertiary/aromatic N) is 1. The van der Waals surface area contributed by atoms with Crippen LogP contribution < -0.4 is 0 Å². The van der Waals surface area contributed by atoms with Gasteiger partial charge in [0.25, 0.3) is 0 Å². The van der Waals surface area contributed by atoms with Crippen molar-refractivity contribution in [3.05, 3.63) is 83.6 Å². The standard InChI is InChI=1S/C25H20F3N/c1-14(2)22-12-18(25(26,27)28)13-23-19(22)5-6-21-20(23)7-8-29-24(21)17-10-15(3)9-16(4)11-17/h5-13H,1H2,2-4H3. The molecule has 0 fully saturated rings. The highest BCUT2D eigenvalue weighted by atomic mass is 19.4. The average Bonchev–Trinajstić information content (AvgIpc) is 2.64. The van der Waals surface area contributed by atoms with Gasteiger partial charge in [0, 0.05) is 17.1 Å². The van der Waals surface area contributed by atoms with Gasteiger partial charge in [-0.3, -0.25) is 4.98 Å². The minimum absolute atomic E-state index is 0.515. The summed E-state index contributed by atoms with van der Waals surface area (Å²) in [6.45, 7) is 9.65. The van der Waals surface area contributed by atoms with Crippen LogP contribution in [-0.4, -0.2) is 4.98 Å². The minimum atomic E-state index is -4.43. The number of halogens is 3. The molecule has 0 radical (unpaired) electrons. The number of hydrogen-bond acceptors (Lipinski definition) is 1. The van der Waals surface area contributed by atoms with Crippen LogP contribution in [0.1, 0.15) is 29.2 Å². The van der Waals surface area contributed by atoms with Crippen molar-refractivity contribution in [1.29, 1.82) is 0 Å². The minimum Gasteiger partial charge on any atom is -0.256 e. The molecule has 0 unspecified atom stereocenters. The Morgan fingerprint density at radius 1 is 0.828 bits per heavy atom. The number of allylic oxidation sites excluding steroid dienone is 1. The number of hydrogen-bond donors (Lipinski definition) is 0. The van der Waals surface area contributed by atoms with Crippen LogP contribution in [0.5, 0.6) is 0 Å². The van der Waals surface area contributed by atoms with E-state index in [2.05, 4.69) is 17.6 Å². The van der Waals surface area contributed by atoms with Crippen molar-refractivity contribution >= 4 is 27.1 Å². The Morgan fingerprint density at radius 3 is 2.10 bits per heavy atom. The summed E-state index contributed by atoms with van der Waals surface area (Å²) in [6.07, 6.45) is -2.76. The van der Waals surface area contributed by atoms with E-state index in [0.717, 1.165) is 38.5 Å². The zero-order chi connectivity index (χ0) is 20.9. The molecule has 0 atom stereocenters. The van der Waals surface area contributed by atoms with Crippen LogP contribution in [0, 0.1) is 13.8 Å². The van der Waals surface area contributed by atoms with Gasteiger partial charge in [-0.25, -0.2) is 0 Å². The monoisotopic (exact) mass is 391 g/mol. The van der Waals surface area contributed by atoms with Gasteiger partial charge in [-0.2, -0.15) is 13.2 Å². The lowest BCUT2D eigenvalue weighted by Crippen LogP contribution is -2.05. The second-order valence-corrected chi connectivity index (χ2v) is 7.59. The predicted molar refractivity (Wildman–Crippen MR) is 114 cm³/mol. The number of aryl methyl sites for hydroxylation is 2. The van der Waals surface area contributed by atoms with E-state index in [9.17, 15) is 13.2 Å². The van der Waals surface area contributed by atoms with E-state index in [1.807, 2.05) is 38.1 Å². The van der Waals surface area contributed by atoms with Crippen molar-refractivity contribution in [2.24, 2.45) is 0 Å². The van der Waals surface area contributed by atoms with Crippen LogP contribution >= 0.6 is 0 Å². The van der Waals surface area contributed by atoms with Gasteiger partial charge in [0.2, 0.25) is 0 Å². The number of fused-ring (bicyclic) bond motifs is 3. The third kappa shape index (κ3) is 3.39. The average molecular weight is 391 g/mol. The molecule has 146 valence electrons. The molecule has 29 heavy (non-hydrogen) atoms. The molecule has 0 aliphatic rings. The Kier molecular flexibility index (Phi) is 4.45. The van der Waals surface area contributed by atoms with Gasteiger partial charge in [-0.1, -0.05) is 41.5 Å². The van der Waals surface area contributed by atoms with Crippen LogP contribution in [0.2, 0.25) is 0 Å². The van der Waals surface area contributed by atoms with Crippen molar-refractivity contribution < 1.29 is 13.2 Å². The SMILES string of the molecule is C=C(C)c1cc(C(F)(F)F)cc2c1ccc1c(-c3cc(C)cc(C)c3)nccc12. The topological polar surface area (TPSA) is 12.9 Å². The van der Waals surface area contributed by atoms with Gasteiger partial charge in [0.15, 0.2) is 0 Å². The molecule has 0 saturated heterocycles. The number of pyridine rings is 1. The van der Waals surface area contributed by atoms with E-state index < -0.39 is 11.7 Å². The van der Waals surface area contributed by atoms with E-state index in [4.69, 9.17) is 0 Å². The van der Waals surface area contributed by atoms with Crippen molar-refractivity contribution in [3.8, 4) is 11.3 Å². The zero-order valence-corrected chi connectivity index (χ0v) is 16.5.